The van der Waals surface area contributed by atoms with E-state index in [0.29, 0.717) is 28.7 Å². The van der Waals surface area contributed by atoms with Gasteiger partial charge in [0.15, 0.2) is 11.9 Å². The van der Waals surface area contributed by atoms with Crippen LogP contribution >= 0.6 is 15.9 Å². The Morgan fingerprint density at radius 3 is 2.74 bits per heavy atom. The molecule has 0 aliphatic carbocycles. The molecule has 2 aromatic carbocycles. The van der Waals surface area contributed by atoms with E-state index in [1.165, 1.54) is 29.9 Å². The van der Waals surface area contributed by atoms with Crippen molar-refractivity contribution in [3.05, 3.63) is 72.7 Å². The Bertz CT molecular complexity index is 1340. The van der Waals surface area contributed by atoms with Crippen LogP contribution in [0.15, 0.2) is 50.8 Å². The second-order valence-electron chi connectivity index (χ2n) is 7.65. The molecule has 3 aromatic rings. The molecular formula is C24H25BrN4O6. The summed E-state index contributed by atoms with van der Waals surface area (Å²) in [7, 11) is 0. The molecule has 0 N–H and O–H groups in total. The lowest BCUT2D eigenvalue weighted by molar-refractivity contribution is -0.386. The number of carbonyl (C=O) groups is 1. The maximum absolute atomic E-state index is 13.2. The first-order valence-corrected chi connectivity index (χ1v) is 11.9. The average molecular weight is 545 g/mol. The lowest BCUT2D eigenvalue weighted by Crippen LogP contribution is -2.26. The smallest absolute Gasteiger partial charge is 0.347 e. The third kappa shape index (κ3) is 6.30. The molecule has 0 spiro atoms. The number of aryl methyl sites for hydroxylation is 1. The lowest BCUT2D eigenvalue weighted by Gasteiger charge is -2.13. The molecule has 0 radical (unpaired) electrons. The molecule has 0 unspecified atom stereocenters. The number of nitrogens with zero attached hydrogens (tertiary/aromatic N) is 4. The van der Waals surface area contributed by atoms with Gasteiger partial charge in [0.05, 0.1) is 28.6 Å². The molecule has 11 heteroatoms. The van der Waals surface area contributed by atoms with E-state index in [9.17, 15) is 19.7 Å². The maximum atomic E-state index is 13.2. The van der Waals surface area contributed by atoms with E-state index < -0.39 is 17.0 Å². The molecule has 0 fully saturated rings. The summed E-state index contributed by atoms with van der Waals surface area (Å²) in [5, 5.41) is 16.3. The molecule has 184 valence electrons. The van der Waals surface area contributed by atoms with Crippen molar-refractivity contribution < 1.29 is 19.2 Å². The number of carbonyl (C=O) groups excluding carboxylic acids is 1. The van der Waals surface area contributed by atoms with E-state index in [1.807, 2.05) is 13.0 Å². The lowest BCUT2D eigenvalue weighted by atomic mass is 10.2. The molecule has 1 aromatic heterocycles. The summed E-state index contributed by atoms with van der Waals surface area (Å²) >= 11 is 3.37. The van der Waals surface area contributed by atoms with E-state index in [1.54, 1.807) is 25.1 Å². The van der Waals surface area contributed by atoms with Gasteiger partial charge in [-0.3, -0.25) is 14.9 Å². The number of nitro groups is 1. The van der Waals surface area contributed by atoms with Crippen molar-refractivity contribution in [1.82, 2.24) is 9.66 Å². The first kappa shape index (κ1) is 26.0. The molecule has 1 heterocycles. The van der Waals surface area contributed by atoms with Crippen LogP contribution in [0.1, 0.15) is 45.0 Å². The first-order valence-electron chi connectivity index (χ1n) is 11.1. The van der Waals surface area contributed by atoms with Crippen LogP contribution in [0, 0.1) is 10.1 Å². The van der Waals surface area contributed by atoms with E-state index in [4.69, 9.17) is 9.47 Å². The molecule has 0 saturated carbocycles. The van der Waals surface area contributed by atoms with Gasteiger partial charge in [-0.25, -0.2) is 9.78 Å². The topological polar surface area (TPSA) is 126 Å². The van der Waals surface area contributed by atoms with Crippen LogP contribution in [0.2, 0.25) is 0 Å². The molecule has 0 bridgehead atoms. The van der Waals surface area contributed by atoms with Crippen molar-refractivity contribution in [2.24, 2.45) is 5.10 Å². The number of halogens is 1. The second-order valence-corrected chi connectivity index (χ2v) is 8.57. The summed E-state index contributed by atoms with van der Waals surface area (Å²) in [6, 6.07) is 9.46. The van der Waals surface area contributed by atoms with Gasteiger partial charge >= 0.3 is 11.7 Å². The van der Waals surface area contributed by atoms with Crippen molar-refractivity contribution in [2.75, 3.05) is 6.61 Å². The van der Waals surface area contributed by atoms with Gasteiger partial charge < -0.3 is 9.47 Å². The normalized spacial score (nSPS) is 12.1. The second kappa shape index (κ2) is 11.7. The monoisotopic (exact) mass is 544 g/mol. The number of aromatic nitrogens is 2. The average Bonchev–Trinajstić information content (AvgIpc) is 2.83. The molecule has 35 heavy (non-hydrogen) atoms. The zero-order chi connectivity index (χ0) is 25.5. The minimum Gasteiger partial charge on any atom is -0.472 e. The number of esters is 1. The molecule has 0 amide bonds. The van der Waals surface area contributed by atoms with Crippen molar-refractivity contribution in [3.63, 3.8) is 0 Å². The van der Waals surface area contributed by atoms with Gasteiger partial charge in [0.2, 0.25) is 0 Å². The van der Waals surface area contributed by atoms with Gasteiger partial charge in [-0.2, -0.15) is 9.78 Å². The third-order valence-electron chi connectivity index (χ3n) is 5.05. The van der Waals surface area contributed by atoms with Crippen LogP contribution in [-0.4, -0.2) is 39.5 Å². The highest BCUT2D eigenvalue weighted by Gasteiger charge is 2.22. The van der Waals surface area contributed by atoms with Crippen LogP contribution in [0.25, 0.3) is 10.9 Å². The summed E-state index contributed by atoms with van der Waals surface area (Å²) in [6.45, 7) is 5.32. The summed E-state index contributed by atoms with van der Waals surface area (Å²) in [5.74, 6) is -0.201. The largest absolute Gasteiger partial charge is 0.472 e. The highest BCUT2D eigenvalue weighted by molar-refractivity contribution is 9.10. The summed E-state index contributed by atoms with van der Waals surface area (Å²) in [5.41, 5.74) is 0.264. The fraction of sp³-hybridized carbons (Fsp3) is 0.333. The summed E-state index contributed by atoms with van der Waals surface area (Å²) in [6.07, 6.45) is 2.62. The van der Waals surface area contributed by atoms with Crippen LogP contribution < -0.4 is 10.3 Å². The standard InChI is InChI=1S/C24H25BrN4O6/c1-4-6-7-22-27-19-10-9-17(25)13-18(19)23(30)28(22)26-14-16-8-11-21(20(12-16)29(32)33)35-15(3)24(31)34-5-2/h8-15H,4-7H2,1-3H3/t15-/m0/s1. The number of unbranched alkanes of at least 4 members (excludes halogenated alkanes) is 1. The molecule has 0 aliphatic heterocycles. The van der Waals surface area contributed by atoms with Crippen molar-refractivity contribution >= 4 is 44.7 Å². The number of rotatable bonds is 10. The predicted octanol–water partition coefficient (Wildman–Crippen LogP) is 4.62. The predicted molar refractivity (Wildman–Crippen MR) is 135 cm³/mol. The molecule has 0 saturated heterocycles. The fourth-order valence-electron chi connectivity index (χ4n) is 3.29. The molecule has 0 aliphatic rings. The van der Waals surface area contributed by atoms with E-state index >= 15 is 0 Å². The number of hydrogen-bond acceptors (Lipinski definition) is 8. The van der Waals surface area contributed by atoms with Gasteiger partial charge in [0, 0.05) is 22.5 Å². The number of hydrogen-bond donors (Lipinski definition) is 0. The Labute approximate surface area is 209 Å². The van der Waals surface area contributed by atoms with Gasteiger partial charge in [-0.05, 0) is 50.6 Å². The Morgan fingerprint density at radius 1 is 1.29 bits per heavy atom. The van der Waals surface area contributed by atoms with E-state index in [2.05, 4.69) is 26.0 Å². The third-order valence-corrected chi connectivity index (χ3v) is 5.55. The van der Waals surface area contributed by atoms with Crippen molar-refractivity contribution in [1.29, 1.82) is 0 Å². The van der Waals surface area contributed by atoms with Crippen molar-refractivity contribution in [2.45, 2.75) is 46.1 Å². The number of benzene rings is 2. The van der Waals surface area contributed by atoms with Gasteiger partial charge in [-0.15, -0.1) is 0 Å². The quantitative estimate of drug-likeness (QED) is 0.157. The fourth-order valence-corrected chi connectivity index (χ4v) is 3.65. The Kier molecular flexibility index (Phi) is 8.69. The van der Waals surface area contributed by atoms with Crippen LogP contribution in [0.3, 0.4) is 0 Å². The summed E-state index contributed by atoms with van der Waals surface area (Å²) in [4.78, 5) is 40.6. The summed E-state index contributed by atoms with van der Waals surface area (Å²) < 4.78 is 12.3. The Balaban J connectivity index is 1.99. The number of nitro benzene ring substituents is 1. The highest BCUT2D eigenvalue weighted by Crippen LogP contribution is 2.28. The SMILES string of the molecule is CCCCc1nc2ccc(Br)cc2c(=O)n1N=Cc1ccc(O[C@@H](C)C(=O)OCC)c([N+](=O)[O-])c1. The molecule has 3 rings (SSSR count). The minimum atomic E-state index is -1.02. The first-order chi connectivity index (χ1) is 16.7. The molecule has 1 atom stereocenters. The van der Waals surface area contributed by atoms with E-state index in [0.717, 1.165) is 17.3 Å². The van der Waals surface area contributed by atoms with Gasteiger partial charge in [-0.1, -0.05) is 29.3 Å². The van der Waals surface area contributed by atoms with Crippen LogP contribution in [-0.2, 0) is 16.0 Å². The maximum Gasteiger partial charge on any atom is 0.347 e. The highest BCUT2D eigenvalue weighted by atomic mass is 79.9. The molecule has 10 nitrogen and oxygen atoms in total. The zero-order valence-electron chi connectivity index (χ0n) is 19.6. The zero-order valence-corrected chi connectivity index (χ0v) is 21.1. The van der Waals surface area contributed by atoms with E-state index in [-0.39, 0.29) is 23.6 Å². The van der Waals surface area contributed by atoms with Crippen molar-refractivity contribution in [3.8, 4) is 5.75 Å². The Hall–Kier alpha value is -3.60. The van der Waals surface area contributed by atoms with Crippen LogP contribution in [0.5, 0.6) is 5.75 Å². The minimum absolute atomic E-state index is 0.0780. The van der Waals surface area contributed by atoms with Gasteiger partial charge in [0.1, 0.15) is 5.82 Å². The number of fused-ring (bicyclic) bond motifs is 1. The molecular weight excluding hydrogens is 520 g/mol. The van der Waals surface area contributed by atoms with Gasteiger partial charge in [0.25, 0.3) is 5.56 Å². The number of ether oxygens (including phenoxy) is 2. The Morgan fingerprint density at radius 2 is 2.06 bits per heavy atom. The van der Waals surface area contributed by atoms with Crippen LogP contribution in [0.4, 0.5) is 5.69 Å².